The Hall–Kier alpha value is -1.84. The predicted molar refractivity (Wildman–Crippen MR) is 71.3 cm³/mol. The smallest absolute Gasteiger partial charge is 0.126 e. The fourth-order valence-electron chi connectivity index (χ4n) is 2.18. The van der Waals surface area contributed by atoms with E-state index >= 15 is 0 Å². The van der Waals surface area contributed by atoms with Crippen LogP contribution in [0.1, 0.15) is 29.5 Å². The first-order valence-corrected chi connectivity index (χ1v) is 6.95. The largest absolute Gasteiger partial charge is 0.396 e. The van der Waals surface area contributed by atoms with Crippen molar-refractivity contribution >= 4 is 11.3 Å². The highest BCUT2D eigenvalue weighted by molar-refractivity contribution is 7.07. The lowest BCUT2D eigenvalue weighted by Gasteiger charge is -2.21. The van der Waals surface area contributed by atoms with Gasteiger partial charge in [0.2, 0.25) is 0 Å². The second-order valence-corrected chi connectivity index (χ2v) is 5.02. The Morgan fingerprint density at radius 1 is 1.40 bits per heavy atom. The van der Waals surface area contributed by atoms with Crippen molar-refractivity contribution in [3.05, 3.63) is 52.0 Å². The molecule has 0 aliphatic rings. The minimum absolute atomic E-state index is 0.0959. The second kappa shape index (κ2) is 6.55. The summed E-state index contributed by atoms with van der Waals surface area (Å²) in [5, 5.41) is 20.2. The third-order valence-electron chi connectivity index (χ3n) is 3.11. The van der Waals surface area contributed by atoms with E-state index in [0.717, 1.165) is 18.2 Å². The van der Waals surface area contributed by atoms with E-state index in [4.69, 9.17) is 5.11 Å². The molecular formula is C14H12F2N2OS. The molecule has 0 saturated carbocycles. The Morgan fingerprint density at radius 2 is 2.20 bits per heavy atom. The van der Waals surface area contributed by atoms with E-state index in [2.05, 4.69) is 11.1 Å². The summed E-state index contributed by atoms with van der Waals surface area (Å²) in [6.07, 6.45) is 0.163. The lowest BCUT2D eigenvalue weighted by Crippen LogP contribution is -2.14. The van der Waals surface area contributed by atoms with Gasteiger partial charge in [0.15, 0.2) is 0 Å². The molecule has 0 radical (unpaired) electrons. The molecule has 1 N–H and O–H groups in total. The molecule has 0 aliphatic heterocycles. The maximum Gasteiger partial charge on any atom is 0.126 e. The van der Waals surface area contributed by atoms with Crippen molar-refractivity contribution in [3.63, 3.8) is 0 Å². The Balaban J connectivity index is 2.45. The van der Waals surface area contributed by atoms with Crippen LogP contribution < -0.4 is 0 Å². The number of nitrogens with zero attached hydrogens (tertiary/aromatic N) is 2. The average Bonchev–Trinajstić information content (AvgIpc) is 2.95. The summed E-state index contributed by atoms with van der Waals surface area (Å²) < 4.78 is 27.2. The first kappa shape index (κ1) is 14.6. The zero-order chi connectivity index (χ0) is 14.5. The molecule has 2 rings (SSSR count). The zero-order valence-corrected chi connectivity index (χ0v) is 11.3. The predicted octanol–water partition coefficient (Wildman–Crippen LogP) is 3.19. The van der Waals surface area contributed by atoms with Crippen LogP contribution in [0.3, 0.4) is 0 Å². The average molecular weight is 294 g/mol. The highest BCUT2D eigenvalue weighted by atomic mass is 32.1. The molecule has 1 aromatic carbocycles. The number of thiazole rings is 1. The second-order valence-electron chi connectivity index (χ2n) is 4.30. The van der Waals surface area contributed by atoms with Crippen molar-refractivity contribution in [2.75, 3.05) is 6.61 Å². The molecular weight excluding hydrogens is 282 g/mol. The minimum Gasteiger partial charge on any atom is -0.396 e. The first-order chi connectivity index (χ1) is 9.67. The van der Waals surface area contributed by atoms with Gasteiger partial charge in [-0.25, -0.2) is 13.8 Å². The monoisotopic (exact) mass is 294 g/mol. The number of nitriles is 1. The Bertz CT molecular complexity index is 610. The lowest BCUT2D eigenvalue weighted by atomic mass is 9.82. The van der Waals surface area contributed by atoms with Gasteiger partial charge in [0.05, 0.1) is 23.2 Å². The van der Waals surface area contributed by atoms with Crippen molar-refractivity contribution in [1.29, 1.82) is 5.26 Å². The molecule has 0 bridgehead atoms. The standard InChI is InChI=1S/C14H12F2N2OS/c15-9-1-2-13(16)11(5-9)10(3-4-19)12(6-17)14-7-20-8-18-14/h1-2,5,7-8,10,12,19H,3-4H2/t10-,12+/m0/s1. The van der Waals surface area contributed by atoms with Gasteiger partial charge in [-0.3, -0.25) is 0 Å². The summed E-state index contributed by atoms with van der Waals surface area (Å²) in [4.78, 5) is 4.07. The molecule has 1 aromatic heterocycles. The molecule has 0 unspecified atom stereocenters. The molecule has 1 heterocycles. The third-order valence-corrected chi connectivity index (χ3v) is 3.71. The normalized spacial score (nSPS) is 13.7. The van der Waals surface area contributed by atoms with Crippen LogP contribution >= 0.6 is 11.3 Å². The van der Waals surface area contributed by atoms with Gasteiger partial charge >= 0.3 is 0 Å². The van der Waals surface area contributed by atoms with Crippen molar-refractivity contribution in [1.82, 2.24) is 4.98 Å². The molecule has 6 heteroatoms. The highest BCUT2D eigenvalue weighted by Gasteiger charge is 2.28. The molecule has 0 fully saturated rings. The number of rotatable bonds is 5. The van der Waals surface area contributed by atoms with Crippen molar-refractivity contribution in [2.24, 2.45) is 0 Å². The molecule has 0 amide bonds. The number of hydrogen-bond donors (Lipinski definition) is 1. The SMILES string of the molecule is N#C[C@@H](c1cscn1)[C@@H](CCO)c1cc(F)ccc1F. The van der Waals surface area contributed by atoms with Crippen LogP contribution in [0.25, 0.3) is 0 Å². The van der Waals surface area contributed by atoms with Gasteiger partial charge in [0, 0.05) is 17.9 Å². The molecule has 20 heavy (non-hydrogen) atoms. The summed E-state index contributed by atoms with van der Waals surface area (Å²) in [6.45, 7) is -0.219. The van der Waals surface area contributed by atoms with Gasteiger partial charge < -0.3 is 5.11 Å². The van der Waals surface area contributed by atoms with Crippen LogP contribution in [-0.2, 0) is 0 Å². The van der Waals surface area contributed by atoms with Crippen molar-refractivity contribution in [2.45, 2.75) is 18.3 Å². The van der Waals surface area contributed by atoms with E-state index < -0.39 is 23.5 Å². The topological polar surface area (TPSA) is 56.9 Å². The Kier molecular flexibility index (Phi) is 4.77. The molecule has 0 spiro atoms. The summed E-state index contributed by atoms with van der Waals surface area (Å²) in [5.74, 6) is -2.51. The number of aromatic nitrogens is 1. The molecule has 0 aliphatic carbocycles. The van der Waals surface area contributed by atoms with Gasteiger partial charge in [0.25, 0.3) is 0 Å². The van der Waals surface area contributed by atoms with E-state index in [1.165, 1.54) is 11.3 Å². The fraction of sp³-hybridized carbons (Fsp3) is 0.286. The molecule has 3 nitrogen and oxygen atoms in total. The van der Waals surface area contributed by atoms with Crippen LogP contribution in [-0.4, -0.2) is 16.7 Å². The molecule has 104 valence electrons. The van der Waals surface area contributed by atoms with Crippen LogP contribution in [0, 0.1) is 23.0 Å². The molecule has 0 saturated heterocycles. The minimum atomic E-state index is -0.718. The van der Waals surface area contributed by atoms with E-state index in [1.807, 2.05) is 0 Å². The Morgan fingerprint density at radius 3 is 2.80 bits per heavy atom. The maximum absolute atomic E-state index is 13.9. The number of benzene rings is 1. The number of aliphatic hydroxyl groups is 1. The van der Waals surface area contributed by atoms with Crippen LogP contribution in [0.5, 0.6) is 0 Å². The van der Waals surface area contributed by atoms with Gasteiger partial charge in [-0.1, -0.05) is 0 Å². The van der Waals surface area contributed by atoms with Gasteiger partial charge in [-0.2, -0.15) is 5.26 Å². The number of hydrogen-bond acceptors (Lipinski definition) is 4. The summed E-state index contributed by atoms with van der Waals surface area (Å²) in [5.41, 5.74) is 2.19. The van der Waals surface area contributed by atoms with E-state index in [-0.39, 0.29) is 18.6 Å². The zero-order valence-electron chi connectivity index (χ0n) is 10.5. The number of aliphatic hydroxyl groups excluding tert-OH is 1. The van der Waals surface area contributed by atoms with Gasteiger partial charge in [-0.05, 0) is 30.2 Å². The molecule has 2 atom stereocenters. The van der Waals surface area contributed by atoms with Crippen molar-refractivity contribution in [3.8, 4) is 6.07 Å². The van der Waals surface area contributed by atoms with Gasteiger partial charge in [0.1, 0.15) is 11.6 Å². The number of halogens is 2. The molecule has 2 aromatic rings. The van der Waals surface area contributed by atoms with Crippen LogP contribution in [0.15, 0.2) is 29.1 Å². The van der Waals surface area contributed by atoms with Crippen LogP contribution in [0.4, 0.5) is 8.78 Å². The van der Waals surface area contributed by atoms with Gasteiger partial charge in [-0.15, -0.1) is 11.3 Å². The van der Waals surface area contributed by atoms with Crippen LogP contribution in [0.2, 0.25) is 0 Å². The quantitative estimate of drug-likeness (QED) is 0.921. The summed E-state index contributed by atoms with van der Waals surface area (Å²) >= 11 is 1.33. The summed E-state index contributed by atoms with van der Waals surface area (Å²) in [7, 11) is 0. The summed E-state index contributed by atoms with van der Waals surface area (Å²) in [6, 6.07) is 5.21. The van der Waals surface area contributed by atoms with E-state index in [0.29, 0.717) is 5.69 Å². The fourth-order valence-corrected chi connectivity index (χ4v) is 2.77. The highest BCUT2D eigenvalue weighted by Crippen LogP contribution is 2.36. The first-order valence-electron chi connectivity index (χ1n) is 6.01. The Labute approximate surface area is 119 Å². The third kappa shape index (κ3) is 3.00. The maximum atomic E-state index is 13.9. The lowest BCUT2D eigenvalue weighted by molar-refractivity contribution is 0.270. The van der Waals surface area contributed by atoms with E-state index in [9.17, 15) is 14.0 Å². The van der Waals surface area contributed by atoms with E-state index in [1.54, 1.807) is 10.9 Å². The van der Waals surface area contributed by atoms with Crippen molar-refractivity contribution < 1.29 is 13.9 Å².